The van der Waals surface area contributed by atoms with E-state index in [9.17, 15) is 24.3 Å². The molecule has 2 aliphatic heterocycles. The number of carbonyl (C=O) groups is 4. The lowest BCUT2D eigenvalue weighted by molar-refractivity contribution is -0.121. The Hall–Kier alpha value is -4.11. The minimum Gasteiger partial charge on any atom is -0.492 e. The van der Waals surface area contributed by atoms with Crippen molar-refractivity contribution in [2.75, 3.05) is 47.6 Å². The zero-order valence-corrected chi connectivity index (χ0v) is 28.7. The number of hydrogen-bond acceptors (Lipinski definition) is 12. The smallest absolute Gasteiger partial charge is 0.405 e. The molecular weight excluding hydrogens is 624 g/mol. The largest absolute Gasteiger partial charge is 0.492 e. The third-order valence-electron chi connectivity index (χ3n) is 8.48. The molecule has 0 saturated carbocycles. The third-order valence-corrected chi connectivity index (χ3v) is 8.48. The molecule has 0 aromatic carbocycles. The van der Waals surface area contributed by atoms with Crippen LogP contribution in [0.5, 0.6) is 0 Å². The fraction of sp³-hybridized carbons (Fsp3) is 0.559. The molecule has 6 unspecified atom stereocenters. The summed E-state index contributed by atoms with van der Waals surface area (Å²) >= 11 is 0. The summed E-state index contributed by atoms with van der Waals surface area (Å²) in [6, 6.07) is 0. The Morgan fingerprint density at radius 3 is 2.40 bits per heavy atom. The summed E-state index contributed by atoms with van der Waals surface area (Å²) in [7, 11) is 4.22. The van der Waals surface area contributed by atoms with Crippen molar-refractivity contribution in [1.29, 1.82) is 0 Å². The average Bonchev–Trinajstić information content (AvgIpc) is 3.06. The number of fused-ring (bicyclic) bond motifs is 2. The monoisotopic (exact) mass is 672 g/mol. The fourth-order valence-corrected chi connectivity index (χ4v) is 5.80. The molecule has 1 fully saturated rings. The number of rotatable bonds is 6. The second-order valence-electron chi connectivity index (χ2n) is 12.1. The molecule has 3 rings (SSSR count). The number of primary amides is 1. The maximum Gasteiger partial charge on any atom is 0.405 e. The van der Waals surface area contributed by atoms with Crippen LogP contribution in [-0.4, -0.2) is 112 Å². The van der Waals surface area contributed by atoms with Gasteiger partial charge in [0.15, 0.2) is 11.9 Å². The van der Waals surface area contributed by atoms with Crippen molar-refractivity contribution >= 4 is 29.8 Å². The van der Waals surface area contributed by atoms with Gasteiger partial charge in [-0.05, 0) is 38.2 Å². The lowest BCUT2D eigenvalue weighted by atomic mass is 9.84. The van der Waals surface area contributed by atoms with Gasteiger partial charge in [-0.1, -0.05) is 38.2 Å². The number of carbonyl (C=O) groups excluding carboxylic acids is 4. The van der Waals surface area contributed by atoms with Crippen molar-refractivity contribution in [3.8, 4) is 0 Å². The molecule has 48 heavy (non-hydrogen) atoms. The highest BCUT2D eigenvalue weighted by molar-refractivity contribution is 6.32. The van der Waals surface area contributed by atoms with Crippen molar-refractivity contribution in [3.63, 3.8) is 0 Å². The highest BCUT2D eigenvalue weighted by atomic mass is 16.6. The van der Waals surface area contributed by atoms with Gasteiger partial charge >= 0.3 is 6.09 Å². The van der Waals surface area contributed by atoms with Crippen LogP contribution in [-0.2, 0) is 38.1 Å². The van der Waals surface area contributed by atoms with Crippen molar-refractivity contribution in [2.24, 2.45) is 22.7 Å². The average molecular weight is 673 g/mol. The van der Waals surface area contributed by atoms with E-state index in [2.05, 4.69) is 10.4 Å². The predicted octanol–water partition coefficient (Wildman–Crippen LogP) is 2.10. The first-order valence-corrected chi connectivity index (χ1v) is 15.8. The Balaban J connectivity index is 2.15. The van der Waals surface area contributed by atoms with Crippen LogP contribution in [0.15, 0.2) is 63.2 Å². The van der Waals surface area contributed by atoms with Gasteiger partial charge in [-0.25, -0.2) is 4.79 Å². The van der Waals surface area contributed by atoms with Gasteiger partial charge in [-0.2, -0.15) is 5.10 Å². The van der Waals surface area contributed by atoms with Crippen molar-refractivity contribution in [2.45, 2.75) is 65.0 Å². The molecule has 2 bridgehead atoms. The van der Waals surface area contributed by atoms with Gasteiger partial charge in [0.05, 0.1) is 57.4 Å². The normalized spacial score (nSPS) is 31.6. The molecule has 2 amide bonds. The second kappa shape index (κ2) is 17.9. The molecule has 264 valence electrons. The van der Waals surface area contributed by atoms with Gasteiger partial charge in [0.25, 0.3) is 5.91 Å². The molecular formula is C34H48N4O10. The number of allylic oxidation sites excluding steroid dienone is 4. The van der Waals surface area contributed by atoms with Crippen LogP contribution in [0.25, 0.3) is 0 Å². The van der Waals surface area contributed by atoms with Gasteiger partial charge in [0.2, 0.25) is 11.6 Å². The maximum absolute atomic E-state index is 14.1. The lowest BCUT2D eigenvalue weighted by Crippen LogP contribution is -2.38. The lowest BCUT2D eigenvalue weighted by Gasteiger charge is -2.30. The highest BCUT2D eigenvalue weighted by Crippen LogP contribution is 2.31. The number of nitrogens with two attached hydrogens (primary N) is 1. The number of nitrogens with one attached hydrogen (secondary N) is 1. The fourth-order valence-electron chi connectivity index (χ4n) is 5.80. The van der Waals surface area contributed by atoms with Crippen LogP contribution in [0.2, 0.25) is 0 Å². The number of aliphatic hydroxyl groups is 1. The van der Waals surface area contributed by atoms with Crippen molar-refractivity contribution in [3.05, 3.63) is 58.1 Å². The first-order chi connectivity index (χ1) is 22.8. The summed E-state index contributed by atoms with van der Waals surface area (Å²) in [4.78, 5) is 53.2. The number of aliphatic hydroxyl groups excluding tert-OH is 1. The molecule has 1 aliphatic carbocycles. The Kier molecular flexibility index (Phi) is 14.3. The van der Waals surface area contributed by atoms with E-state index in [4.69, 9.17) is 29.4 Å². The Labute approximate surface area is 281 Å². The minimum absolute atomic E-state index is 0.0933. The number of nitrogens with zero attached hydrogens (tertiary/aromatic N) is 2. The molecule has 0 spiro atoms. The summed E-state index contributed by atoms with van der Waals surface area (Å²) in [6.07, 6.45) is 3.60. The SMILES string of the molecule is COC1=C2CC(C)CC(OC)C(O)C(C)/C=C(\C)C(OC(N)=O)C(OC)/C=C\C=C(/C)C(=O)NC(=C(/C=N/N3CCOCC3)C1=O)C2=O. The van der Waals surface area contributed by atoms with Crippen LogP contribution in [0.3, 0.4) is 0 Å². The molecule has 0 aromatic rings. The topological polar surface area (TPSA) is 188 Å². The van der Waals surface area contributed by atoms with Crippen molar-refractivity contribution in [1.82, 2.24) is 10.3 Å². The molecule has 3 aliphatic rings. The number of amides is 2. The molecule has 0 aromatic heterocycles. The van der Waals surface area contributed by atoms with Gasteiger partial charge < -0.3 is 39.8 Å². The minimum atomic E-state index is -1.01. The Morgan fingerprint density at radius 1 is 1.10 bits per heavy atom. The zero-order chi connectivity index (χ0) is 35.5. The van der Waals surface area contributed by atoms with Gasteiger partial charge in [-0.3, -0.25) is 19.4 Å². The van der Waals surface area contributed by atoms with E-state index in [1.807, 2.05) is 6.92 Å². The number of hydrazone groups is 1. The van der Waals surface area contributed by atoms with Crippen LogP contribution in [0.1, 0.15) is 40.5 Å². The Morgan fingerprint density at radius 2 is 1.79 bits per heavy atom. The molecule has 4 N–H and O–H groups in total. The molecule has 1 saturated heterocycles. The van der Waals surface area contributed by atoms with E-state index in [-0.39, 0.29) is 40.5 Å². The summed E-state index contributed by atoms with van der Waals surface area (Å²) in [5, 5.41) is 20.1. The first-order valence-electron chi connectivity index (χ1n) is 15.8. The van der Waals surface area contributed by atoms with Gasteiger partial charge in [-0.15, -0.1) is 0 Å². The van der Waals surface area contributed by atoms with E-state index in [1.165, 1.54) is 40.5 Å². The maximum atomic E-state index is 14.1. The number of ketones is 2. The van der Waals surface area contributed by atoms with E-state index in [0.717, 1.165) is 0 Å². The van der Waals surface area contributed by atoms with E-state index >= 15 is 0 Å². The summed E-state index contributed by atoms with van der Waals surface area (Å²) in [5.74, 6) is -2.70. The molecule has 14 heteroatoms. The molecule has 2 heterocycles. The Bertz CT molecular complexity index is 1410. The molecule has 6 atom stereocenters. The van der Waals surface area contributed by atoms with E-state index in [1.54, 1.807) is 37.1 Å². The standard InChI is InChI=1S/C34H48N4O10/c1-19-15-23-29(40)27(24(30(41)32(23)46-7)18-36-38-11-13-47-14-12-38)37-33(42)20(2)9-8-10-25(44-5)31(48-34(35)43)22(4)17-21(3)28(39)26(16-19)45-6/h8-10,17-19,21,25-26,28,31,39H,11-16H2,1-7H3,(H2,35,43)(H,37,42)/b10-8-,20-9+,22-17+,36-18+. The second-order valence-corrected chi connectivity index (χ2v) is 12.1. The van der Waals surface area contributed by atoms with E-state index in [0.29, 0.717) is 38.3 Å². The number of morpholine rings is 1. The summed E-state index contributed by atoms with van der Waals surface area (Å²) in [5.41, 5.74) is 5.91. The van der Waals surface area contributed by atoms with E-state index < -0.39 is 53.9 Å². The number of hydrogen-bond donors (Lipinski definition) is 3. The number of methoxy groups -OCH3 is 3. The summed E-state index contributed by atoms with van der Waals surface area (Å²) < 4.78 is 27.5. The quantitative estimate of drug-likeness (QED) is 0.213. The highest BCUT2D eigenvalue weighted by Gasteiger charge is 2.38. The van der Waals surface area contributed by atoms with Gasteiger partial charge in [0.1, 0.15) is 11.8 Å². The number of ether oxygens (including phenoxy) is 5. The van der Waals surface area contributed by atoms with Crippen LogP contribution >= 0.6 is 0 Å². The van der Waals surface area contributed by atoms with Crippen LogP contribution < -0.4 is 11.1 Å². The van der Waals surface area contributed by atoms with Gasteiger partial charge in [0, 0.05) is 31.3 Å². The molecule has 0 radical (unpaired) electrons. The van der Waals surface area contributed by atoms with Crippen molar-refractivity contribution < 1.29 is 48.0 Å². The summed E-state index contributed by atoms with van der Waals surface area (Å²) in [6.45, 7) is 8.82. The third kappa shape index (κ3) is 9.72. The first kappa shape index (κ1) is 38.3. The zero-order valence-electron chi connectivity index (χ0n) is 28.7. The predicted molar refractivity (Wildman–Crippen MR) is 176 cm³/mol. The molecule has 14 nitrogen and oxygen atoms in total. The van der Waals surface area contributed by atoms with Crippen LogP contribution in [0, 0.1) is 11.8 Å². The number of Topliss-reactive ketones (excluding diaryl/α,β-unsaturated/α-hetero) is 2. The van der Waals surface area contributed by atoms with Crippen LogP contribution in [0.4, 0.5) is 4.79 Å².